The van der Waals surface area contributed by atoms with Gasteiger partial charge < -0.3 is 5.73 Å². The van der Waals surface area contributed by atoms with E-state index in [0.29, 0.717) is 5.92 Å². The Morgan fingerprint density at radius 2 is 1.71 bits per heavy atom. The maximum absolute atomic E-state index is 6.98. The molecule has 2 unspecified atom stereocenters. The van der Waals surface area contributed by atoms with E-state index in [1.54, 1.807) is 0 Å². The molecular weight excluding hydrogens is 278 g/mol. The topological polar surface area (TPSA) is 26.0 Å². The molecule has 3 rings (SSSR count). The molecule has 0 saturated heterocycles. The summed E-state index contributed by atoms with van der Waals surface area (Å²) in [6.07, 6.45) is 13.1. The maximum Gasteiger partial charge on any atom is 0.0438 e. The third-order valence-electron chi connectivity index (χ3n) is 5.84. The smallest absolute Gasteiger partial charge is 0.0438 e. The Kier molecular flexibility index (Phi) is 4.91. The molecule has 0 radical (unpaired) electrons. The molecule has 2 saturated carbocycles. The van der Waals surface area contributed by atoms with Crippen LogP contribution in [0.15, 0.2) is 24.3 Å². The number of hydrogen-bond donors (Lipinski definition) is 1. The molecule has 1 nitrogen and oxygen atoms in total. The van der Waals surface area contributed by atoms with Gasteiger partial charge in [0.2, 0.25) is 0 Å². The number of nitrogens with two attached hydrogens (primary N) is 1. The molecular formula is C19H28ClN. The van der Waals surface area contributed by atoms with Gasteiger partial charge in [0.1, 0.15) is 0 Å². The average Bonchev–Trinajstić information content (AvgIpc) is 2.51. The quantitative estimate of drug-likeness (QED) is 0.800. The minimum Gasteiger partial charge on any atom is -0.325 e. The lowest BCUT2D eigenvalue weighted by Crippen LogP contribution is -2.53. The van der Waals surface area contributed by atoms with Crippen molar-refractivity contribution in [2.75, 3.05) is 0 Å². The fourth-order valence-corrected chi connectivity index (χ4v) is 4.95. The van der Waals surface area contributed by atoms with Crippen molar-refractivity contribution in [1.82, 2.24) is 0 Å². The molecule has 2 aliphatic carbocycles. The van der Waals surface area contributed by atoms with Gasteiger partial charge in [0.25, 0.3) is 0 Å². The highest BCUT2D eigenvalue weighted by Gasteiger charge is 2.41. The van der Waals surface area contributed by atoms with E-state index in [4.69, 9.17) is 17.3 Å². The summed E-state index contributed by atoms with van der Waals surface area (Å²) >= 11 is 6.38. The van der Waals surface area contributed by atoms with E-state index in [0.717, 1.165) is 17.4 Å². The minimum atomic E-state index is -0.0365. The summed E-state index contributed by atoms with van der Waals surface area (Å²) in [6.45, 7) is 0. The van der Waals surface area contributed by atoms with E-state index in [1.807, 2.05) is 12.1 Å². The van der Waals surface area contributed by atoms with Gasteiger partial charge in [0, 0.05) is 10.6 Å². The average molecular weight is 306 g/mol. The Bertz CT molecular complexity index is 466. The summed E-state index contributed by atoms with van der Waals surface area (Å²) < 4.78 is 0. The van der Waals surface area contributed by atoms with Crippen molar-refractivity contribution in [1.29, 1.82) is 0 Å². The van der Waals surface area contributed by atoms with Crippen molar-refractivity contribution in [3.05, 3.63) is 34.9 Å². The van der Waals surface area contributed by atoms with Crippen LogP contribution in [0.25, 0.3) is 0 Å². The highest BCUT2D eigenvalue weighted by atomic mass is 35.5. The lowest BCUT2D eigenvalue weighted by molar-refractivity contribution is 0.0995. The van der Waals surface area contributed by atoms with Gasteiger partial charge in [-0.05, 0) is 42.7 Å². The van der Waals surface area contributed by atoms with Crippen LogP contribution in [0.2, 0.25) is 5.02 Å². The van der Waals surface area contributed by atoms with E-state index in [-0.39, 0.29) is 5.54 Å². The molecule has 1 aromatic carbocycles. The van der Waals surface area contributed by atoms with Crippen LogP contribution in [0.3, 0.4) is 0 Å². The van der Waals surface area contributed by atoms with Gasteiger partial charge in [-0.3, -0.25) is 0 Å². The van der Waals surface area contributed by atoms with E-state index in [9.17, 15) is 0 Å². The van der Waals surface area contributed by atoms with Crippen molar-refractivity contribution in [2.24, 2.45) is 17.6 Å². The third-order valence-corrected chi connectivity index (χ3v) is 6.21. The number of benzene rings is 1. The molecule has 116 valence electrons. The second kappa shape index (κ2) is 6.71. The van der Waals surface area contributed by atoms with E-state index >= 15 is 0 Å². The normalized spacial score (nSPS) is 31.2. The molecule has 0 amide bonds. The number of hydrogen-bond acceptors (Lipinski definition) is 1. The van der Waals surface area contributed by atoms with Crippen molar-refractivity contribution in [3.8, 4) is 0 Å². The standard InChI is InChI=1S/C19H28ClN/c20-18-12-5-4-10-16(18)14-19(21)13-7-6-11-17(19)15-8-2-1-3-9-15/h4-5,10,12,15,17H,1-3,6-9,11,13-14,21H2. The van der Waals surface area contributed by atoms with Gasteiger partial charge in [0.15, 0.2) is 0 Å². The van der Waals surface area contributed by atoms with Crippen LogP contribution in [0.5, 0.6) is 0 Å². The van der Waals surface area contributed by atoms with Crippen molar-refractivity contribution < 1.29 is 0 Å². The Balaban J connectivity index is 1.79. The van der Waals surface area contributed by atoms with Crippen LogP contribution in [-0.2, 0) is 6.42 Å². The van der Waals surface area contributed by atoms with Crippen molar-refractivity contribution >= 4 is 11.6 Å². The largest absolute Gasteiger partial charge is 0.325 e. The molecule has 0 aromatic heterocycles. The second-order valence-corrected chi connectivity index (χ2v) is 7.66. The molecule has 0 spiro atoms. The number of halogens is 1. The van der Waals surface area contributed by atoms with Gasteiger partial charge in [-0.25, -0.2) is 0 Å². The summed E-state index contributed by atoms with van der Waals surface area (Å²) in [4.78, 5) is 0. The summed E-state index contributed by atoms with van der Waals surface area (Å²) in [5, 5.41) is 0.885. The zero-order chi connectivity index (χ0) is 14.7. The zero-order valence-electron chi connectivity index (χ0n) is 13.0. The second-order valence-electron chi connectivity index (χ2n) is 7.25. The van der Waals surface area contributed by atoms with Crippen LogP contribution < -0.4 is 5.73 Å². The predicted octanol–water partition coefficient (Wildman–Crippen LogP) is 5.35. The lowest BCUT2D eigenvalue weighted by Gasteiger charge is -2.46. The maximum atomic E-state index is 6.98. The minimum absolute atomic E-state index is 0.0365. The van der Waals surface area contributed by atoms with Gasteiger partial charge >= 0.3 is 0 Å². The molecule has 2 fully saturated rings. The first kappa shape index (κ1) is 15.4. The molecule has 0 heterocycles. The first-order valence-electron chi connectivity index (χ1n) is 8.71. The van der Waals surface area contributed by atoms with Crippen LogP contribution in [0.1, 0.15) is 63.4 Å². The molecule has 2 heteroatoms. The molecule has 2 N–H and O–H groups in total. The summed E-state index contributed by atoms with van der Waals surface area (Å²) in [6, 6.07) is 8.25. The predicted molar refractivity (Wildman–Crippen MR) is 90.6 cm³/mol. The first-order valence-corrected chi connectivity index (χ1v) is 9.09. The van der Waals surface area contributed by atoms with Crippen LogP contribution in [0, 0.1) is 11.8 Å². The van der Waals surface area contributed by atoms with Gasteiger partial charge in [0.05, 0.1) is 0 Å². The number of rotatable bonds is 3. The molecule has 2 aliphatic rings. The summed E-state index contributed by atoms with van der Waals surface area (Å²) in [7, 11) is 0. The molecule has 1 aromatic rings. The lowest BCUT2D eigenvalue weighted by atomic mass is 9.62. The first-order chi connectivity index (χ1) is 10.2. The van der Waals surface area contributed by atoms with Crippen LogP contribution >= 0.6 is 11.6 Å². The Morgan fingerprint density at radius 1 is 1.00 bits per heavy atom. The fourth-order valence-electron chi connectivity index (χ4n) is 4.75. The summed E-state index contributed by atoms with van der Waals surface area (Å²) in [5.74, 6) is 1.55. The Labute approximate surface area is 134 Å². The van der Waals surface area contributed by atoms with Crippen molar-refractivity contribution in [3.63, 3.8) is 0 Å². The molecule has 2 atom stereocenters. The Hall–Kier alpha value is -0.530. The summed E-state index contributed by atoms with van der Waals surface area (Å²) in [5.41, 5.74) is 8.18. The molecule has 21 heavy (non-hydrogen) atoms. The SMILES string of the molecule is NC1(Cc2ccccc2Cl)CCCCC1C1CCCCC1. The van der Waals surface area contributed by atoms with Gasteiger partial charge in [-0.15, -0.1) is 0 Å². The highest BCUT2D eigenvalue weighted by molar-refractivity contribution is 6.31. The van der Waals surface area contributed by atoms with E-state index in [2.05, 4.69) is 12.1 Å². The molecule has 0 aliphatic heterocycles. The van der Waals surface area contributed by atoms with E-state index in [1.165, 1.54) is 63.4 Å². The Morgan fingerprint density at radius 3 is 2.48 bits per heavy atom. The highest BCUT2D eigenvalue weighted by Crippen LogP contribution is 2.44. The van der Waals surface area contributed by atoms with Gasteiger partial charge in [-0.1, -0.05) is 74.7 Å². The zero-order valence-corrected chi connectivity index (χ0v) is 13.7. The van der Waals surface area contributed by atoms with Crippen LogP contribution in [-0.4, -0.2) is 5.54 Å². The van der Waals surface area contributed by atoms with Gasteiger partial charge in [-0.2, -0.15) is 0 Å². The fraction of sp³-hybridized carbons (Fsp3) is 0.684. The van der Waals surface area contributed by atoms with E-state index < -0.39 is 0 Å². The van der Waals surface area contributed by atoms with Crippen LogP contribution in [0.4, 0.5) is 0 Å². The third kappa shape index (κ3) is 3.46. The monoisotopic (exact) mass is 305 g/mol. The van der Waals surface area contributed by atoms with Crippen molar-refractivity contribution in [2.45, 2.75) is 69.7 Å². The molecule has 0 bridgehead atoms.